The predicted molar refractivity (Wildman–Crippen MR) is 74.1 cm³/mol. The van der Waals surface area contributed by atoms with Crippen molar-refractivity contribution in [2.24, 2.45) is 17.2 Å². The van der Waals surface area contributed by atoms with E-state index in [2.05, 4.69) is 38.1 Å². The molecule has 4 heteroatoms. The molecule has 0 saturated carbocycles. The molecule has 0 saturated heterocycles. The molecule has 102 valence electrons. The van der Waals surface area contributed by atoms with Crippen LogP contribution in [0, 0.1) is 11.3 Å². The molecule has 0 aliphatic carbocycles. The van der Waals surface area contributed by atoms with Crippen molar-refractivity contribution < 1.29 is 4.74 Å². The average molecular weight is 251 g/mol. The van der Waals surface area contributed by atoms with Gasteiger partial charge in [-0.1, -0.05) is 27.7 Å². The number of aromatic nitrogens is 1. The topological polar surface area (TPSA) is 60.2 Å². The molecule has 2 atom stereocenters. The molecule has 0 radical (unpaired) electrons. The van der Waals surface area contributed by atoms with Gasteiger partial charge < -0.3 is 4.74 Å². The van der Waals surface area contributed by atoms with Crippen molar-refractivity contribution in [1.29, 1.82) is 0 Å². The van der Waals surface area contributed by atoms with Gasteiger partial charge in [-0.3, -0.25) is 16.3 Å². The molecule has 1 aromatic heterocycles. The van der Waals surface area contributed by atoms with Crippen LogP contribution in [0.4, 0.5) is 0 Å². The van der Waals surface area contributed by atoms with Crippen LogP contribution >= 0.6 is 0 Å². The van der Waals surface area contributed by atoms with E-state index in [4.69, 9.17) is 10.6 Å². The number of hydrogen-bond acceptors (Lipinski definition) is 4. The lowest BCUT2D eigenvalue weighted by atomic mass is 9.78. The zero-order chi connectivity index (χ0) is 13.8. The van der Waals surface area contributed by atoms with Gasteiger partial charge in [-0.15, -0.1) is 0 Å². The molecular formula is C14H25N3O. The van der Waals surface area contributed by atoms with Crippen molar-refractivity contribution in [3.8, 4) is 5.75 Å². The largest absolute Gasteiger partial charge is 0.495 e. The molecule has 0 aliphatic heterocycles. The summed E-state index contributed by atoms with van der Waals surface area (Å²) in [6.45, 7) is 8.98. The third-order valence-electron chi connectivity index (χ3n) is 3.64. The lowest BCUT2D eigenvalue weighted by Gasteiger charge is -2.30. The summed E-state index contributed by atoms with van der Waals surface area (Å²) in [4.78, 5) is 4.17. The third-order valence-corrected chi connectivity index (χ3v) is 3.64. The molecule has 18 heavy (non-hydrogen) atoms. The van der Waals surface area contributed by atoms with Crippen LogP contribution in [0.1, 0.15) is 45.7 Å². The Labute approximate surface area is 110 Å². The molecule has 0 aliphatic rings. The number of nitrogens with one attached hydrogen (secondary N) is 1. The molecule has 1 heterocycles. The number of hydrogen-bond donors (Lipinski definition) is 2. The van der Waals surface area contributed by atoms with E-state index >= 15 is 0 Å². The highest BCUT2D eigenvalue weighted by atomic mass is 16.5. The minimum absolute atomic E-state index is 0.0989. The van der Waals surface area contributed by atoms with Crippen molar-refractivity contribution in [1.82, 2.24) is 10.4 Å². The first-order valence-corrected chi connectivity index (χ1v) is 6.33. The fraction of sp³-hybridized carbons (Fsp3) is 0.643. The highest BCUT2D eigenvalue weighted by Gasteiger charge is 2.24. The molecule has 3 N–H and O–H groups in total. The van der Waals surface area contributed by atoms with Crippen molar-refractivity contribution in [2.45, 2.75) is 40.2 Å². The van der Waals surface area contributed by atoms with E-state index in [1.54, 1.807) is 13.3 Å². The van der Waals surface area contributed by atoms with E-state index in [0.717, 1.165) is 17.7 Å². The van der Waals surface area contributed by atoms with Gasteiger partial charge in [-0.2, -0.15) is 0 Å². The van der Waals surface area contributed by atoms with Crippen LogP contribution in [0.25, 0.3) is 0 Å². The fourth-order valence-corrected chi connectivity index (χ4v) is 1.75. The van der Waals surface area contributed by atoms with E-state index in [9.17, 15) is 0 Å². The van der Waals surface area contributed by atoms with Gasteiger partial charge in [-0.25, -0.2) is 0 Å². The second-order valence-corrected chi connectivity index (χ2v) is 5.88. The summed E-state index contributed by atoms with van der Waals surface area (Å²) in [6, 6.07) is 2.08. The highest BCUT2D eigenvalue weighted by Crippen LogP contribution is 2.33. The fourth-order valence-electron chi connectivity index (χ4n) is 1.75. The summed E-state index contributed by atoms with van der Waals surface area (Å²) in [6.07, 6.45) is 4.50. The van der Waals surface area contributed by atoms with Gasteiger partial charge in [-0.05, 0) is 29.4 Å². The summed E-state index contributed by atoms with van der Waals surface area (Å²) < 4.78 is 5.19. The van der Waals surface area contributed by atoms with Crippen LogP contribution in [-0.2, 0) is 0 Å². The number of methoxy groups -OCH3 is 1. The molecular weight excluding hydrogens is 226 g/mol. The molecule has 0 aromatic carbocycles. The maximum absolute atomic E-state index is 5.67. The van der Waals surface area contributed by atoms with Gasteiger partial charge in [0.1, 0.15) is 5.75 Å². The Morgan fingerprint density at radius 2 is 2.06 bits per heavy atom. The maximum Gasteiger partial charge on any atom is 0.137 e. The number of ether oxygens (including phenoxy) is 1. The van der Waals surface area contributed by atoms with Crippen LogP contribution in [0.2, 0.25) is 0 Å². The van der Waals surface area contributed by atoms with E-state index < -0.39 is 0 Å². The first-order chi connectivity index (χ1) is 8.38. The zero-order valence-corrected chi connectivity index (χ0v) is 12.0. The van der Waals surface area contributed by atoms with Crippen LogP contribution in [0.15, 0.2) is 18.5 Å². The first-order valence-electron chi connectivity index (χ1n) is 6.33. The molecule has 1 rings (SSSR count). The Kier molecular flexibility index (Phi) is 5.11. The highest BCUT2D eigenvalue weighted by molar-refractivity contribution is 5.25. The van der Waals surface area contributed by atoms with Gasteiger partial charge in [0, 0.05) is 12.2 Å². The number of rotatable bonds is 5. The third kappa shape index (κ3) is 3.96. The summed E-state index contributed by atoms with van der Waals surface area (Å²) in [7, 11) is 1.64. The minimum Gasteiger partial charge on any atom is -0.495 e. The van der Waals surface area contributed by atoms with E-state index in [0.29, 0.717) is 5.92 Å². The Hall–Kier alpha value is -1.13. The van der Waals surface area contributed by atoms with Crippen molar-refractivity contribution in [3.63, 3.8) is 0 Å². The van der Waals surface area contributed by atoms with Crippen molar-refractivity contribution >= 4 is 0 Å². The SMILES string of the molecule is COc1cncc(C(CC(C)C(C)(C)C)NN)c1. The van der Waals surface area contributed by atoms with E-state index in [1.165, 1.54) is 0 Å². The van der Waals surface area contributed by atoms with Crippen LogP contribution < -0.4 is 16.0 Å². The second-order valence-electron chi connectivity index (χ2n) is 5.88. The van der Waals surface area contributed by atoms with Gasteiger partial charge in [0.15, 0.2) is 0 Å². The number of nitrogens with zero attached hydrogens (tertiary/aromatic N) is 1. The number of hydrazine groups is 1. The zero-order valence-electron chi connectivity index (χ0n) is 12.0. The standard InChI is InChI=1S/C14H25N3O/c1-10(14(2,3)4)6-13(17-15)11-7-12(18-5)9-16-8-11/h7-10,13,17H,6,15H2,1-5H3. The van der Waals surface area contributed by atoms with Crippen LogP contribution in [0.5, 0.6) is 5.75 Å². The van der Waals surface area contributed by atoms with Gasteiger partial charge in [0.2, 0.25) is 0 Å². The van der Waals surface area contributed by atoms with Gasteiger partial charge in [0.25, 0.3) is 0 Å². The molecule has 0 spiro atoms. The predicted octanol–water partition coefficient (Wildman–Crippen LogP) is 2.67. The summed E-state index contributed by atoms with van der Waals surface area (Å²) in [5, 5.41) is 0. The van der Waals surface area contributed by atoms with Crippen molar-refractivity contribution in [2.75, 3.05) is 7.11 Å². The normalized spacial score (nSPS) is 15.2. The molecule has 1 aromatic rings. The van der Waals surface area contributed by atoms with Crippen LogP contribution in [0.3, 0.4) is 0 Å². The first kappa shape index (κ1) is 14.9. The summed E-state index contributed by atoms with van der Waals surface area (Å²) in [5.74, 6) is 6.98. The molecule has 2 unspecified atom stereocenters. The monoisotopic (exact) mass is 251 g/mol. The van der Waals surface area contributed by atoms with E-state index in [1.807, 2.05) is 12.3 Å². The summed E-state index contributed by atoms with van der Waals surface area (Å²) >= 11 is 0. The van der Waals surface area contributed by atoms with Crippen LogP contribution in [-0.4, -0.2) is 12.1 Å². The lowest BCUT2D eigenvalue weighted by molar-refractivity contribution is 0.223. The Balaban J connectivity index is 2.82. The number of pyridine rings is 1. The smallest absolute Gasteiger partial charge is 0.137 e. The Morgan fingerprint density at radius 3 is 2.56 bits per heavy atom. The van der Waals surface area contributed by atoms with Crippen molar-refractivity contribution in [3.05, 3.63) is 24.0 Å². The van der Waals surface area contributed by atoms with E-state index in [-0.39, 0.29) is 11.5 Å². The van der Waals surface area contributed by atoms with Gasteiger partial charge in [0.05, 0.1) is 13.3 Å². The summed E-state index contributed by atoms with van der Waals surface area (Å²) in [5.41, 5.74) is 4.21. The molecule has 0 bridgehead atoms. The Morgan fingerprint density at radius 1 is 1.39 bits per heavy atom. The van der Waals surface area contributed by atoms with Gasteiger partial charge >= 0.3 is 0 Å². The maximum atomic E-state index is 5.67. The molecule has 0 amide bonds. The Bertz CT molecular complexity index is 374. The quantitative estimate of drug-likeness (QED) is 0.624. The molecule has 4 nitrogen and oxygen atoms in total. The molecule has 0 fully saturated rings. The minimum atomic E-state index is 0.0989. The average Bonchev–Trinajstić information content (AvgIpc) is 2.34. The number of nitrogens with two attached hydrogens (primary N) is 1. The second kappa shape index (κ2) is 6.16. The lowest BCUT2D eigenvalue weighted by Crippen LogP contribution is -2.32.